The maximum atomic E-state index is 13.7. The summed E-state index contributed by atoms with van der Waals surface area (Å²) < 4.78 is 43.9. The number of urea groups is 1. The lowest BCUT2D eigenvalue weighted by atomic mass is 9.97. The lowest BCUT2D eigenvalue weighted by molar-refractivity contribution is -0.137. The average molecular weight is 375 g/mol. The van der Waals surface area contributed by atoms with Crippen LogP contribution in [-0.2, 0) is 10.9 Å². The van der Waals surface area contributed by atoms with Crippen molar-refractivity contribution in [1.82, 2.24) is 4.48 Å². The van der Waals surface area contributed by atoms with E-state index in [1.807, 2.05) is 0 Å². The number of anilines is 1. The molecule has 0 aliphatic carbocycles. The number of quaternary nitrogens is 1. The van der Waals surface area contributed by atoms with Crippen molar-refractivity contribution >= 4 is 29.5 Å². The number of imide groups is 1. The maximum absolute atomic E-state index is 13.7. The first-order valence-corrected chi connectivity index (χ1v) is 7.46. The number of methoxy groups -OCH3 is 1. The summed E-state index contributed by atoms with van der Waals surface area (Å²) in [6.07, 6.45) is -6.71. The minimum atomic E-state index is -4.94. The van der Waals surface area contributed by atoms with E-state index in [4.69, 9.17) is 0 Å². The van der Waals surface area contributed by atoms with E-state index in [1.165, 1.54) is 20.8 Å². The summed E-state index contributed by atoms with van der Waals surface area (Å²) in [5, 5.41) is 9.85. The quantitative estimate of drug-likeness (QED) is 0.595. The minimum Gasteiger partial charge on any atom is -0.465 e. The van der Waals surface area contributed by atoms with Crippen LogP contribution in [-0.4, -0.2) is 42.9 Å². The topological polar surface area (TPSA) is 83.9 Å². The van der Waals surface area contributed by atoms with E-state index >= 15 is 0 Å². The first-order valence-electron chi connectivity index (χ1n) is 7.46. The van der Waals surface area contributed by atoms with E-state index in [0.29, 0.717) is 6.07 Å². The largest absolute Gasteiger partial charge is 0.528 e. The highest BCUT2D eigenvalue weighted by molar-refractivity contribution is 6.23. The van der Waals surface area contributed by atoms with Crippen LogP contribution in [0.15, 0.2) is 12.1 Å². The summed E-state index contributed by atoms with van der Waals surface area (Å²) in [6, 6.07) is 0.364. The van der Waals surface area contributed by atoms with E-state index in [1.54, 1.807) is 0 Å². The van der Waals surface area contributed by atoms with Gasteiger partial charge in [0.2, 0.25) is 0 Å². The molecule has 0 bridgehead atoms. The Morgan fingerprint density at radius 3 is 2.12 bits per heavy atom. The molecule has 3 amide bonds. The molecule has 1 unspecified atom stereocenters. The number of hydrogen-bond acceptors (Lipinski definition) is 4. The van der Waals surface area contributed by atoms with Gasteiger partial charge in [-0.15, -0.1) is 4.48 Å². The molecular weight excluding hydrogens is 357 g/mol. The van der Waals surface area contributed by atoms with Crippen LogP contribution in [0.4, 0.5) is 34.1 Å². The number of hydrogen-bond donors (Lipinski definition) is 1. The highest BCUT2D eigenvalue weighted by atomic mass is 19.4. The van der Waals surface area contributed by atoms with Crippen LogP contribution in [0.25, 0.3) is 0 Å². The smallest absolute Gasteiger partial charge is 0.465 e. The molecule has 0 spiro atoms. The number of rotatable bonds is 1. The number of fused-ring (bicyclic) bond motifs is 1. The van der Waals surface area contributed by atoms with Crippen molar-refractivity contribution in [2.24, 2.45) is 0 Å². The zero-order valence-electron chi connectivity index (χ0n) is 14.8. The Kier molecular flexibility index (Phi) is 4.32. The van der Waals surface area contributed by atoms with Crippen molar-refractivity contribution in [3.63, 3.8) is 0 Å². The first-order chi connectivity index (χ1) is 11.7. The van der Waals surface area contributed by atoms with Crippen molar-refractivity contribution in [2.75, 3.05) is 19.1 Å². The molecule has 1 atom stereocenters. The summed E-state index contributed by atoms with van der Waals surface area (Å²) in [5.74, 6) is -0.978. The Morgan fingerprint density at radius 2 is 1.73 bits per heavy atom. The second-order valence-corrected chi connectivity index (χ2v) is 6.81. The summed E-state index contributed by atoms with van der Waals surface area (Å²) >= 11 is 0. The summed E-state index contributed by atoms with van der Waals surface area (Å²) in [4.78, 5) is 37.9. The van der Waals surface area contributed by atoms with Crippen LogP contribution < -0.4 is 9.38 Å². The normalized spacial score (nSPS) is 20.2. The van der Waals surface area contributed by atoms with Crippen molar-refractivity contribution in [1.29, 1.82) is 0 Å². The maximum Gasteiger partial charge on any atom is 0.528 e. The predicted molar refractivity (Wildman–Crippen MR) is 86.2 cm³/mol. The second-order valence-electron chi connectivity index (χ2n) is 6.81. The van der Waals surface area contributed by atoms with E-state index in [-0.39, 0.29) is 5.56 Å². The van der Waals surface area contributed by atoms with Gasteiger partial charge in [-0.3, -0.25) is 4.90 Å². The highest BCUT2D eigenvalue weighted by Gasteiger charge is 2.67. The molecule has 0 fully saturated rings. The molecule has 26 heavy (non-hydrogen) atoms. The minimum absolute atomic E-state index is 0.322. The molecule has 1 heterocycles. The van der Waals surface area contributed by atoms with Crippen LogP contribution in [0.3, 0.4) is 0 Å². The molecule has 1 N–H and O–H groups in total. The van der Waals surface area contributed by atoms with Crippen LogP contribution in [0.1, 0.15) is 36.7 Å². The lowest BCUT2D eigenvalue weighted by Crippen LogP contribution is -2.68. The number of amides is 3. The summed E-state index contributed by atoms with van der Waals surface area (Å²) in [6.45, 7) is 4.02. The lowest BCUT2D eigenvalue weighted by Gasteiger charge is -2.37. The number of alkyl halides is 3. The standard InChI is InChI=1S/C16H17F3N2O5/c1-15(2,3)21(14(24)25)11-9(16(17,18)19)7-6-8(12(22)26-5)10(11)20(4)13(21)23/h6-7H,1-5H3/p+1. The fraction of sp³-hybridized carbons (Fsp3) is 0.438. The molecule has 142 valence electrons. The molecule has 0 aromatic heterocycles. The van der Waals surface area contributed by atoms with Gasteiger partial charge in [0.25, 0.3) is 0 Å². The first kappa shape index (κ1) is 19.7. The van der Waals surface area contributed by atoms with Crippen molar-refractivity contribution in [3.8, 4) is 0 Å². The Labute approximate surface area is 147 Å². The molecule has 10 heteroatoms. The highest BCUT2D eigenvalue weighted by Crippen LogP contribution is 2.54. The SMILES string of the molecule is COC(=O)c1ccc(C(F)(F)F)c2c1N(C)C(=O)[N+]2(C(=O)O)C(C)(C)C. The van der Waals surface area contributed by atoms with E-state index in [2.05, 4.69) is 4.74 Å². The molecule has 1 aromatic carbocycles. The third kappa shape index (κ3) is 2.36. The molecular formula is C16H18F3N2O5+. The molecule has 2 rings (SSSR count). The van der Waals surface area contributed by atoms with Gasteiger partial charge in [0, 0.05) is 7.05 Å². The van der Waals surface area contributed by atoms with Gasteiger partial charge in [0.15, 0.2) is 5.69 Å². The predicted octanol–water partition coefficient (Wildman–Crippen LogP) is 3.85. The molecule has 0 radical (unpaired) electrons. The molecule has 1 aromatic rings. The van der Waals surface area contributed by atoms with E-state index in [9.17, 15) is 32.7 Å². The molecule has 1 aliphatic rings. The number of nitrogens with zero attached hydrogens (tertiary/aromatic N) is 2. The monoisotopic (exact) mass is 375 g/mol. The molecule has 0 saturated heterocycles. The fourth-order valence-electron chi connectivity index (χ4n) is 3.27. The number of carbonyl (C=O) groups is 3. The molecule has 7 nitrogen and oxygen atoms in total. The Hall–Kier alpha value is -2.62. The van der Waals surface area contributed by atoms with Crippen molar-refractivity contribution < 1.29 is 37.4 Å². The zero-order valence-corrected chi connectivity index (χ0v) is 14.8. The number of benzene rings is 1. The van der Waals surface area contributed by atoms with Gasteiger partial charge in [-0.2, -0.15) is 18.0 Å². The van der Waals surface area contributed by atoms with Gasteiger partial charge in [-0.25, -0.2) is 9.59 Å². The number of carbonyl (C=O) groups excluding carboxylic acids is 2. The third-order valence-electron chi connectivity index (χ3n) is 4.40. The van der Waals surface area contributed by atoms with Crippen LogP contribution in [0, 0.1) is 0 Å². The fourth-order valence-corrected chi connectivity index (χ4v) is 3.27. The van der Waals surface area contributed by atoms with Crippen LogP contribution >= 0.6 is 0 Å². The van der Waals surface area contributed by atoms with Gasteiger partial charge >= 0.3 is 24.3 Å². The van der Waals surface area contributed by atoms with Gasteiger partial charge in [-0.1, -0.05) is 0 Å². The summed E-state index contributed by atoms with van der Waals surface area (Å²) in [7, 11) is 2.16. The van der Waals surface area contributed by atoms with Crippen LogP contribution in [0.5, 0.6) is 0 Å². The summed E-state index contributed by atoms with van der Waals surface area (Å²) in [5.41, 5.74) is -4.31. The van der Waals surface area contributed by atoms with Crippen molar-refractivity contribution in [2.45, 2.75) is 32.5 Å². The van der Waals surface area contributed by atoms with E-state index in [0.717, 1.165) is 25.1 Å². The van der Waals surface area contributed by atoms with Gasteiger partial charge in [0.05, 0.1) is 12.7 Å². The third-order valence-corrected chi connectivity index (χ3v) is 4.40. The van der Waals surface area contributed by atoms with Crippen LogP contribution in [0.2, 0.25) is 0 Å². The Balaban J connectivity index is 3.12. The second kappa shape index (κ2) is 5.70. The number of ether oxygens (including phenoxy) is 1. The zero-order chi connectivity index (χ0) is 20.2. The number of carboxylic acid groups (broad SMARTS) is 1. The van der Waals surface area contributed by atoms with Gasteiger partial charge in [-0.05, 0) is 32.9 Å². The molecule has 1 aliphatic heterocycles. The average Bonchev–Trinajstić information content (AvgIpc) is 2.74. The van der Waals surface area contributed by atoms with Gasteiger partial charge < -0.3 is 9.84 Å². The van der Waals surface area contributed by atoms with E-state index < -0.39 is 51.2 Å². The van der Waals surface area contributed by atoms with Gasteiger partial charge in [0.1, 0.15) is 16.8 Å². The molecule has 0 saturated carbocycles. The Morgan fingerprint density at radius 1 is 1.19 bits per heavy atom. The number of esters is 1. The van der Waals surface area contributed by atoms with Crippen molar-refractivity contribution in [3.05, 3.63) is 23.3 Å². The number of halogens is 3. The Bertz CT molecular complexity index is 813.